The number of nitrogens with zero attached hydrogens (tertiary/aromatic N) is 1. The molecule has 1 aromatic carbocycles. The van der Waals surface area contributed by atoms with Crippen molar-refractivity contribution in [2.75, 3.05) is 13.2 Å². The second kappa shape index (κ2) is 11.7. The lowest BCUT2D eigenvalue weighted by atomic mass is 9.98. The predicted molar refractivity (Wildman–Crippen MR) is 117 cm³/mol. The van der Waals surface area contributed by atoms with E-state index in [4.69, 9.17) is 9.47 Å². The predicted octanol–water partition coefficient (Wildman–Crippen LogP) is 4.90. The van der Waals surface area contributed by atoms with Crippen LogP contribution in [-0.4, -0.2) is 30.1 Å². The van der Waals surface area contributed by atoms with Crippen LogP contribution in [0.5, 0.6) is 5.75 Å². The minimum absolute atomic E-state index is 0.0908. The van der Waals surface area contributed by atoms with Gasteiger partial charge in [-0.2, -0.15) is 0 Å². The molecule has 0 bridgehead atoms. The first-order valence-corrected chi connectivity index (χ1v) is 11.3. The van der Waals surface area contributed by atoms with Gasteiger partial charge in [-0.3, -0.25) is 4.79 Å². The molecule has 0 atom stereocenters. The molecule has 1 amide bonds. The molecule has 1 aromatic heterocycles. The Bertz CT molecular complexity index is 797. The molecule has 0 radical (unpaired) electrons. The lowest BCUT2D eigenvalue weighted by molar-refractivity contribution is -0.116. The molecule has 156 valence electrons. The molecule has 0 spiro atoms. The SMILES string of the molecule is Cc1nc(COc2cccc(/C=C/C(=O)NCCCOC3CCCCC3)c2)cs1. The van der Waals surface area contributed by atoms with Crippen LogP contribution >= 0.6 is 11.3 Å². The fourth-order valence-corrected chi connectivity index (χ4v) is 3.93. The highest BCUT2D eigenvalue weighted by Gasteiger charge is 2.12. The summed E-state index contributed by atoms with van der Waals surface area (Å²) in [5.74, 6) is 0.671. The maximum atomic E-state index is 12.0. The van der Waals surface area contributed by atoms with E-state index in [9.17, 15) is 4.79 Å². The van der Waals surface area contributed by atoms with E-state index in [0.717, 1.165) is 28.4 Å². The normalized spacial score (nSPS) is 14.9. The number of aryl methyl sites for hydroxylation is 1. The van der Waals surface area contributed by atoms with Crippen molar-refractivity contribution in [3.63, 3.8) is 0 Å². The maximum Gasteiger partial charge on any atom is 0.244 e. The van der Waals surface area contributed by atoms with Gasteiger partial charge in [0.15, 0.2) is 0 Å². The van der Waals surface area contributed by atoms with E-state index in [1.54, 1.807) is 23.5 Å². The summed E-state index contributed by atoms with van der Waals surface area (Å²) >= 11 is 1.62. The van der Waals surface area contributed by atoms with E-state index in [1.807, 2.05) is 36.6 Å². The van der Waals surface area contributed by atoms with Crippen LogP contribution < -0.4 is 10.1 Å². The van der Waals surface area contributed by atoms with Gasteiger partial charge in [0.05, 0.1) is 16.8 Å². The zero-order valence-electron chi connectivity index (χ0n) is 17.1. The number of nitrogens with one attached hydrogen (secondary N) is 1. The van der Waals surface area contributed by atoms with E-state index in [1.165, 1.54) is 32.1 Å². The molecular formula is C23H30N2O3S. The molecule has 1 fully saturated rings. The Kier molecular flexibility index (Phi) is 8.71. The number of thiazole rings is 1. The Hall–Kier alpha value is -2.18. The molecule has 29 heavy (non-hydrogen) atoms. The fraction of sp³-hybridized carbons (Fsp3) is 0.478. The third kappa shape index (κ3) is 7.99. The molecule has 1 aliphatic carbocycles. The lowest BCUT2D eigenvalue weighted by Crippen LogP contribution is -2.24. The zero-order valence-corrected chi connectivity index (χ0v) is 17.9. The van der Waals surface area contributed by atoms with Crippen molar-refractivity contribution < 1.29 is 14.3 Å². The van der Waals surface area contributed by atoms with E-state index in [2.05, 4.69) is 10.3 Å². The number of carbonyl (C=O) groups is 1. The minimum Gasteiger partial charge on any atom is -0.487 e. The lowest BCUT2D eigenvalue weighted by Gasteiger charge is -2.21. The molecule has 2 aromatic rings. The van der Waals surface area contributed by atoms with E-state index < -0.39 is 0 Å². The molecule has 1 aliphatic rings. The van der Waals surface area contributed by atoms with Gasteiger partial charge in [-0.1, -0.05) is 31.4 Å². The number of aromatic nitrogens is 1. The van der Waals surface area contributed by atoms with Crippen LogP contribution in [0.4, 0.5) is 0 Å². The minimum atomic E-state index is -0.0908. The summed E-state index contributed by atoms with van der Waals surface area (Å²) < 4.78 is 11.7. The molecule has 0 saturated heterocycles. The van der Waals surface area contributed by atoms with Crippen LogP contribution in [0.2, 0.25) is 0 Å². The first-order valence-electron chi connectivity index (χ1n) is 10.4. The Morgan fingerprint density at radius 2 is 2.17 bits per heavy atom. The average Bonchev–Trinajstić information content (AvgIpc) is 3.17. The Labute approximate surface area is 177 Å². The number of benzene rings is 1. The van der Waals surface area contributed by atoms with Crippen molar-refractivity contribution in [1.82, 2.24) is 10.3 Å². The number of carbonyl (C=O) groups excluding carboxylic acids is 1. The van der Waals surface area contributed by atoms with Gasteiger partial charge in [-0.05, 0) is 50.0 Å². The molecule has 3 rings (SSSR count). The highest BCUT2D eigenvalue weighted by atomic mass is 32.1. The van der Waals surface area contributed by atoms with Gasteiger partial charge >= 0.3 is 0 Å². The van der Waals surface area contributed by atoms with Gasteiger partial charge in [0.25, 0.3) is 0 Å². The molecular weight excluding hydrogens is 384 g/mol. The third-order valence-corrected chi connectivity index (χ3v) is 5.69. The van der Waals surface area contributed by atoms with E-state index in [0.29, 0.717) is 25.9 Å². The van der Waals surface area contributed by atoms with Crippen LogP contribution in [0.1, 0.15) is 54.8 Å². The quantitative estimate of drug-likeness (QED) is 0.444. The summed E-state index contributed by atoms with van der Waals surface area (Å²) in [6.07, 6.45) is 10.9. The Balaban J connectivity index is 1.34. The topological polar surface area (TPSA) is 60.5 Å². The van der Waals surface area contributed by atoms with Crippen molar-refractivity contribution in [3.8, 4) is 5.75 Å². The van der Waals surface area contributed by atoms with Crippen LogP contribution in [0.25, 0.3) is 6.08 Å². The zero-order chi connectivity index (χ0) is 20.3. The van der Waals surface area contributed by atoms with Crippen molar-refractivity contribution >= 4 is 23.3 Å². The smallest absolute Gasteiger partial charge is 0.244 e. The first kappa shape index (κ1) is 21.5. The molecule has 1 N–H and O–H groups in total. The summed E-state index contributed by atoms with van der Waals surface area (Å²) in [4.78, 5) is 16.4. The monoisotopic (exact) mass is 414 g/mol. The fourth-order valence-electron chi connectivity index (χ4n) is 3.34. The number of amides is 1. The second-order valence-electron chi connectivity index (χ2n) is 7.33. The van der Waals surface area contributed by atoms with Gasteiger partial charge in [0.1, 0.15) is 12.4 Å². The Morgan fingerprint density at radius 1 is 1.31 bits per heavy atom. The van der Waals surface area contributed by atoms with Crippen molar-refractivity contribution in [1.29, 1.82) is 0 Å². The molecule has 1 saturated carbocycles. The molecule has 0 unspecified atom stereocenters. The van der Waals surface area contributed by atoms with Gasteiger partial charge in [0.2, 0.25) is 5.91 Å². The largest absolute Gasteiger partial charge is 0.487 e. The van der Waals surface area contributed by atoms with Crippen LogP contribution in [-0.2, 0) is 16.1 Å². The highest BCUT2D eigenvalue weighted by molar-refractivity contribution is 7.09. The van der Waals surface area contributed by atoms with Gasteiger partial charge in [0, 0.05) is 24.6 Å². The standard InChI is InChI=1S/C23H30N2O3S/c1-18-25-20(17-29-18)16-28-22-10-5-7-19(15-22)11-12-23(26)24-13-6-14-27-21-8-3-2-4-9-21/h5,7,10-12,15,17,21H,2-4,6,8-9,13-14,16H2,1H3,(H,24,26)/b12-11+. The molecule has 1 heterocycles. The van der Waals surface area contributed by atoms with Crippen molar-refractivity contribution in [2.45, 2.75) is 58.2 Å². The van der Waals surface area contributed by atoms with E-state index >= 15 is 0 Å². The summed E-state index contributed by atoms with van der Waals surface area (Å²) in [6.45, 7) is 3.77. The molecule has 6 heteroatoms. The van der Waals surface area contributed by atoms with Crippen LogP contribution in [0.3, 0.4) is 0 Å². The molecule has 5 nitrogen and oxygen atoms in total. The second-order valence-corrected chi connectivity index (χ2v) is 8.39. The van der Waals surface area contributed by atoms with Crippen molar-refractivity contribution in [3.05, 3.63) is 52.0 Å². The highest BCUT2D eigenvalue weighted by Crippen LogP contribution is 2.20. The van der Waals surface area contributed by atoms with E-state index in [-0.39, 0.29) is 5.91 Å². The summed E-state index contributed by atoms with van der Waals surface area (Å²) in [5.41, 5.74) is 1.85. The van der Waals surface area contributed by atoms with Crippen LogP contribution in [0.15, 0.2) is 35.7 Å². The van der Waals surface area contributed by atoms with Crippen LogP contribution in [0, 0.1) is 6.92 Å². The number of rotatable bonds is 10. The number of ether oxygens (including phenoxy) is 2. The third-order valence-electron chi connectivity index (χ3n) is 4.86. The van der Waals surface area contributed by atoms with Gasteiger partial charge in [-0.25, -0.2) is 4.98 Å². The maximum absolute atomic E-state index is 12.0. The van der Waals surface area contributed by atoms with Crippen molar-refractivity contribution in [2.24, 2.45) is 0 Å². The van der Waals surface area contributed by atoms with Gasteiger partial charge < -0.3 is 14.8 Å². The number of hydrogen-bond acceptors (Lipinski definition) is 5. The van der Waals surface area contributed by atoms with Gasteiger partial charge in [-0.15, -0.1) is 11.3 Å². The average molecular weight is 415 g/mol. The summed E-state index contributed by atoms with van der Waals surface area (Å²) in [6, 6.07) is 7.69. The number of hydrogen-bond donors (Lipinski definition) is 1. The summed E-state index contributed by atoms with van der Waals surface area (Å²) in [5, 5.41) is 5.95. The first-order chi connectivity index (χ1) is 14.2. The Morgan fingerprint density at radius 3 is 2.97 bits per heavy atom. The summed E-state index contributed by atoms with van der Waals surface area (Å²) in [7, 11) is 0. The molecule has 0 aliphatic heterocycles.